The van der Waals surface area contributed by atoms with Crippen molar-refractivity contribution in [3.63, 3.8) is 0 Å². The van der Waals surface area contributed by atoms with Crippen LogP contribution >= 0.6 is 0 Å². The molecular formula is C19H32N4O. The Morgan fingerprint density at radius 2 is 2.00 bits per heavy atom. The molecule has 3 rings (SSSR count). The number of nitrogens with one attached hydrogen (secondary N) is 1. The molecule has 0 aliphatic carbocycles. The van der Waals surface area contributed by atoms with Gasteiger partial charge in [0.15, 0.2) is 0 Å². The Kier molecular flexibility index (Phi) is 5.51. The lowest BCUT2D eigenvalue weighted by Gasteiger charge is -2.41. The highest BCUT2D eigenvalue weighted by molar-refractivity contribution is 5.67. The number of rotatable bonds is 4. The number of hydrogen-bond acceptors (Lipinski definition) is 5. The molecule has 1 aromatic carbocycles. The van der Waals surface area contributed by atoms with E-state index in [1.807, 2.05) is 0 Å². The molecule has 2 aliphatic rings. The van der Waals surface area contributed by atoms with Gasteiger partial charge >= 0.3 is 0 Å². The molecule has 1 unspecified atom stereocenters. The van der Waals surface area contributed by atoms with E-state index >= 15 is 0 Å². The lowest BCUT2D eigenvalue weighted by atomic mass is 9.87. The highest BCUT2D eigenvalue weighted by Gasteiger charge is 2.29. The molecule has 0 spiro atoms. The number of piperazine rings is 1. The van der Waals surface area contributed by atoms with Gasteiger partial charge in [0.1, 0.15) is 5.75 Å². The molecule has 0 radical (unpaired) electrons. The second-order valence-electron chi connectivity index (χ2n) is 7.22. The number of likely N-dealkylation sites (N-methyl/N-ethyl adjacent to an activating group) is 1. The van der Waals surface area contributed by atoms with E-state index in [-0.39, 0.29) is 0 Å². The summed E-state index contributed by atoms with van der Waals surface area (Å²) in [6, 6.07) is 4.86. The summed E-state index contributed by atoms with van der Waals surface area (Å²) in [5, 5.41) is 3.73. The lowest BCUT2D eigenvalue weighted by Crippen LogP contribution is -2.54. The zero-order valence-corrected chi connectivity index (χ0v) is 15.3. The first kappa shape index (κ1) is 17.4. The predicted octanol–water partition coefficient (Wildman–Crippen LogP) is 1.96. The highest BCUT2D eigenvalue weighted by Crippen LogP contribution is 2.34. The molecule has 5 nitrogen and oxygen atoms in total. The maximum absolute atomic E-state index is 6.08. The number of aryl methyl sites for hydroxylation is 1. The summed E-state index contributed by atoms with van der Waals surface area (Å²) in [7, 11) is 3.93. The van der Waals surface area contributed by atoms with Crippen molar-refractivity contribution in [2.24, 2.45) is 5.92 Å². The van der Waals surface area contributed by atoms with Crippen LogP contribution < -0.4 is 20.7 Å². The zero-order chi connectivity index (χ0) is 17.1. The van der Waals surface area contributed by atoms with Crippen LogP contribution in [-0.2, 0) is 6.42 Å². The molecule has 2 aliphatic heterocycles. The standard InChI is InChI=1S/C19H32N4O/c1-4-14-11-16(20)19(24-3)12-18(14)23-8-5-15(6-9-23)17-13-22(2)10-7-21-17/h11-12,15,17,21H,4-10,13,20H2,1-3H3. The number of ether oxygens (including phenoxy) is 1. The Morgan fingerprint density at radius 3 is 2.62 bits per heavy atom. The molecule has 2 heterocycles. The van der Waals surface area contributed by atoms with Crippen LogP contribution in [0.5, 0.6) is 5.75 Å². The van der Waals surface area contributed by atoms with Crippen LogP contribution in [0.25, 0.3) is 0 Å². The van der Waals surface area contributed by atoms with Crippen molar-refractivity contribution in [1.82, 2.24) is 10.2 Å². The minimum Gasteiger partial charge on any atom is -0.495 e. The fraction of sp³-hybridized carbons (Fsp3) is 0.684. The summed E-state index contributed by atoms with van der Waals surface area (Å²) < 4.78 is 5.44. The minimum atomic E-state index is 0.650. The molecule has 0 aromatic heterocycles. The van der Waals surface area contributed by atoms with Crippen LogP contribution in [0.2, 0.25) is 0 Å². The van der Waals surface area contributed by atoms with Gasteiger partial charge in [-0.25, -0.2) is 0 Å². The summed E-state index contributed by atoms with van der Waals surface area (Å²) in [4.78, 5) is 4.97. The van der Waals surface area contributed by atoms with Crippen molar-refractivity contribution in [2.45, 2.75) is 32.2 Å². The van der Waals surface area contributed by atoms with E-state index in [1.54, 1.807) is 7.11 Å². The first-order valence-electron chi connectivity index (χ1n) is 9.25. The molecule has 2 fully saturated rings. The average molecular weight is 332 g/mol. The molecular weight excluding hydrogens is 300 g/mol. The Morgan fingerprint density at radius 1 is 1.25 bits per heavy atom. The normalized spacial score (nSPS) is 23.5. The van der Waals surface area contributed by atoms with Crippen molar-refractivity contribution in [3.05, 3.63) is 17.7 Å². The molecule has 2 saturated heterocycles. The van der Waals surface area contributed by atoms with Gasteiger partial charge in [-0.2, -0.15) is 0 Å². The smallest absolute Gasteiger partial charge is 0.143 e. The number of nitrogens with two attached hydrogens (primary N) is 1. The summed E-state index contributed by atoms with van der Waals surface area (Å²) in [6.07, 6.45) is 3.50. The van der Waals surface area contributed by atoms with E-state index in [9.17, 15) is 0 Å². The molecule has 5 heteroatoms. The number of benzene rings is 1. The molecule has 3 N–H and O–H groups in total. The van der Waals surface area contributed by atoms with Gasteiger partial charge in [-0.15, -0.1) is 0 Å². The van der Waals surface area contributed by atoms with Crippen LogP contribution in [0.3, 0.4) is 0 Å². The number of anilines is 2. The van der Waals surface area contributed by atoms with Crippen molar-refractivity contribution in [1.29, 1.82) is 0 Å². The van der Waals surface area contributed by atoms with Crippen molar-refractivity contribution in [2.75, 3.05) is 57.5 Å². The number of nitrogen functional groups attached to an aromatic ring is 1. The fourth-order valence-electron chi connectivity index (χ4n) is 4.18. The number of piperidine rings is 1. The van der Waals surface area contributed by atoms with Crippen molar-refractivity contribution < 1.29 is 4.74 Å². The van der Waals surface area contributed by atoms with Crippen molar-refractivity contribution in [3.8, 4) is 5.75 Å². The molecule has 0 bridgehead atoms. The van der Waals surface area contributed by atoms with Crippen LogP contribution in [0.1, 0.15) is 25.3 Å². The van der Waals surface area contributed by atoms with Gasteiger partial charge in [-0.3, -0.25) is 0 Å². The van der Waals surface area contributed by atoms with Gasteiger partial charge in [-0.1, -0.05) is 6.92 Å². The minimum absolute atomic E-state index is 0.650. The van der Waals surface area contributed by atoms with Gasteiger partial charge < -0.3 is 25.6 Å². The summed E-state index contributed by atoms with van der Waals surface area (Å²) in [6.45, 7) is 7.90. The largest absolute Gasteiger partial charge is 0.495 e. The summed E-state index contributed by atoms with van der Waals surface area (Å²) in [5.41, 5.74) is 9.44. The van der Waals surface area contributed by atoms with E-state index in [4.69, 9.17) is 10.5 Å². The molecule has 24 heavy (non-hydrogen) atoms. The Bertz CT molecular complexity index is 555. The molecule has 0 amide bonds. The van der Waals surface area contributed by atoms with Gasteiger partial charge in [-0.05, 0) is 43.9 Å². The van der Waals surface area contributed by atoms with Gasteiger partial charge in [0, 0.05) is 50.5 Å². The molecule has 0 saturated carbocycles. The Hall–Kier alpha value is -1.46. The third kappa shape index (κ3) is 3.62. The van der Waals surface area contributed by atoms with Crippen LogP contribution in [0.4, 0.5) is 11.4 Å². The van der Waals surface area contributed by atoms with Crippen LogP contribution in [-0.4, -0.2) is 57.8 Å². The average Bonchev–Trinajstić information content (AvgIpc) is 2.61. The topological polar surface area (TPSA) is 53.8 Å². The van der Waals surface area contributed by atoms with Gasteiger partial charge in [0.05, 0.1) is 12.8 Å². The zero-order valence-electron chi connectivity index (χ0n) is 15.3. The third-order valence-electron chi connectivity index (χ3n) is 5.67. The van der Waals surface area contributed by atoms with Crippen LogP contribution in [0.15, 0.2) is 12.1 Å². The van der Waals surface area contributed by atoms with E-state index < -0.39 is 0 Å². The van der Waals surface area contributed by atoms with Gasteiger partial charge in [0.2, 0.25) is 0 Å². The number of methoxy groups -OCH3 is 1. The Labute approximate surface area is 146 Å². The monoisotopic (exact) mass is 332 g/mol. The molecule has 1 aromatic rings. The van der Waals surface area contributed by atoms with Crippen molar-refractivity contribution >= 4 is 11.4 Å². The van der Waals surface area contributed by atoms with Gasteiger partial charge in [0.25, 0.3) is 0 Å². The maximum Gasteiger partial charge on any atom is 0.143 e. The SMILES string of the molecule is CCc1cc(N)c(OC)cc1N1CCC(C2CN(C)CCN2)CC1. The van der Waals surface area contributed by atoms with Crippen LogP contribution in [0, 0.1) is 5.92 Å². The third-order valence-corrected chi connectivity index (χ3v) is 5.67. The summed E-state index contributed by atoms with van der Waals surface area (Å²) in [5.74, 6) is 1.57. The van der Waals surface area contributed by atoms with E-state index in [0.717, 1.165) is 43.4 Å². The summed E-state index contributed by atoms with van der Waals surface area (Å²) >= 11 is 0. The maximum atomic E-state index is 6.08. The molecule has 134 valence electrons. The van der Waals surface area contributed by atoms with E-state index in [2.05, 4.69) is 41.2 Å². The first-order chi connectivity index (χ1) is 11.6. The van der Waals surface area contributed by atoms with E-state index in [1.165, 1.54) is 37.2 Å². The Balaban J connectivity index is 1.68. The predicted molar refractivity (Wildman–Crippen MR) is 101 cm³/mol. The number of hydrogen-bond donors (Lipinski definition) is 2. The second kappa shape index (κ2) is 7.62. The quantitative estimate of drug-likeness (QED) is 0.826. The lowest BCUT2D eigenvalue weighted by molar-refractivity contribution is 0.177. The van der Waals surface area contributed by atoms with E-state index in [0.29, 0.717) is 6.04 Å². The second-order valence-corrected chi connectivity index (χ2v) is 7.22. The fourth-order valence-corrected chi connectivity index (χ4v) is 4.18. The first-order valence-corrected chi connectivity index (χ1v) is 9.25. The highest BCUT2D eigenvalue weighted by atomic mass is 16.5. The molecule has 1 atom stereocenters. The number of nitrogens with zero attached hydrogens (tertiary/aromatic N) is 2.